The van der Waals surface area contributed by atoms with Gasteiger partial charge >= 0.3 is 0 Å². The maximum Gasteiger partial charge on any atom is 0.144 e. The number of halogens is 2. The highest BCUT2D eigenvalue weighted by Crippen LogP contribution is 2.44. The summed E-state index contributed by atoms with van der Waals surface area (Å²) in [4.78, 5) is 0. The first-order valence-electron chi connectivity index (χ1n) is 11.0. The van der Waals surface area contributed by atoms with Crippen LogP contribution in [0.25, 0.3) is 0 Å². The Bertz CT molecular complexity index is 624. The molecule has 3 rings (SSSR count). The van der Waals surface area contributed by atoms with Crippen LogP contribution in [-0.2, 0) is 0 Å². The summed E-state index contributed by atoms with van der Waals surface area (Å²) in [5.41, 5.74) is 0.283. The fourth-order valence-corrected chi connectivity index (χ4v) is 5.49. The van der Waals surface area contributed by atoms with Gasteiger partial charge in [0.2, 0.25) is 0 Å². The Labute approximate surface area is 163 Å². The molecular formula is C24H33F2N. The second kappa shape index (κ2) is 9.67. The molecule has 2 saturated carbocycles. The van der Waals surface area contributed by atoms with Crippen LogP contribution in [-0.4, -0.2) is 0 Å². The van der Waals surface area contributed by atoms with Gasteiger partial charge in [-0.1, -0.05) is 45.4 Å². The van der Waals surface area contributed by atoms with Crippen molar-refractivity contribution >= 4 is 0 Å². The zero-order valence-electron chi connectivity index (χ0n) is 16.7. The zero-order valence-corrected chi connectivity index (χ0v) is 16.7. The lowest BCUT2D eigenvalue weighted by Crippen LogP contribution is -2.25. The van der Waals surface area contributed by atoms with E-state index in [1.807, 2.05) is 0 Å². The molecule has 1 aromatic carbocycles. The number of nitriles is 1. The van der Waals surface area contributed by atoms with E-state index in [1.54, 1.807) is 6.07 Å². The van der Waals surface area contributed by atoms with E-state index in [2.05, 4.69) is 6.92 Å². The summed E-state index contributed by atoms with van der Waals surface area (Å²) in [6.45, 7) is 2.27. The van der Waals surface area contributed by atoms with Crippen molar-refractivity contribution in [3.63, 3.8) is 0 Å². The molecule has 0 bridgehead atoms. The molecule has 2 aliphatic carbocycles. The van der Waals surface area contributed by atoms with Crippen molar-refractivity contribution in [1.29, 1.82) is 5.26 Å². The topological polar surface area (TPSA) is 23.8 Å². The molecule has 0 N–H and O–H groups in total. The van der Waals surface area contributed by atoms with Gasteiger partial charge in [0.05, 0.1) is 0 Å². The maximum atomic E-state index is 13.9. The molecule has 0 radical (unpaired) electrons. The minimum atomic E-state index is -0.712. The summed E-state index contributed by atoms with van der Waals surface area (Å²) in [6, 6.07) is 4.38. The molecule has 2 fully saturated rings. The van der Waals surface area contributed by atoms with Crippen molar-refractivity contribution < 1.29 is 8.78 Å². The number of hydrogen-bond donors (Lipinski definition) is 0. The first-order valence-corrected chi connectivity index (χ1v) is 11.0. The molecule has 0 atom stereocenters. The summed E-state index contributed by atoms with van der Waals surface area (Å²) >= 11 is 0. The Morgan fingerprint density at radius 1 is 0.889 bits per heavy atom. The van der Waals surface area contributed by atoms with E-state index in [0.717, 1.165) is 36.2 Å². The predicted molar refractivity (Wildman–Crippen MR) is 105 cm³/mol. The summed E-state index contributed by atoms with van der Waals surface area (Å²) in [5, 5.41) is 8.83. The van der Waals surface area contributed by atoms with Crippen molar-refractivity contribution in [2.75, 3.05) is 0 Å². The van der Waals surface area contributed by atoms with Crippen LogP contribution in [0, 0.1) is 40.7 Å². The average molecular weight is 374 g/mol. The first-order chi connectivity index (χ1) is 13.1. The van der Waals surface area contributed by atoms with Gasteiger partial charge in [0.15, 0.2) is 0 Å². The van der Waals surface area contributed by atoms with Gasteiger partial charge in [-0.3, -0.25) is 0 Å². The van der Waals surface area contributed by atoms with E-state index in [-0.39, 0.29) is 5.92 Å². The molecule has 0 unspecified atom stereocenters. The molecule has 0 saturated heterocycles. The second-order valence-corrected chi connectivity index (χ2v) is 8.86. The van der Waals surface area contributed by atoms with Gasteiger partial charge in [0.1, 0.15) is 23.3 Å². The third-order valence-electron chi connectivity index (χ3n) is 7.19. The van der Waals surface area contributed by atoms with Crippen LogP contribution in [0.3, 0.4) is 0 Å². The highest BCUT2D eigenvalue weighted by Gasteiger charge is 2.31. The molecular weight excluding hydrogens is 340 g/mol. The smallest absolute Gasteiger partial charge is 0.144 e. The first kappa shape index (κ1) is 20.3. The second-order valence-electron chi connectivity index (χ2n) is 8.86. The monoisotopic (exact) mass is 373 g/mol. The zero-order chi connectivity index (χ0) is 19.2. The van der Waals surface area contributed by atoms with Gasteiger partial charge in [0.25, 0.3) is 0 Å². The van der Waals surface area contributed by atoms with Crippen molar-refractivity contribution in [2.24, 2.45) is 17.8 Å². The largest absolute Gasteiger partial charge is 0.205 e. The highest BCUT2D eigenvalue weighted by atomic mass is 19.1. The minimum absolute atomic E-state index is 0.239. The predicted octanol–water partition coefficient (Wildman–Crippen LogP) is 7.50. The molecule has 27 heavy (non-hydrogen) atoms. The Morgan fingerprint density at radius 3 is 1.96 bits per heavy atom. The Hall–Kier alpha value is -1.43. The fraction of sp³-hybridized carbons (Fsp3) is 0.708. The van der Waals surface area contributed by atoms with Gasteiger partial charge in [-0.05, 0) is 79.9 Å². The van der Waals surface area contributed by atoms with Crippen LogP contribution in [0.15, 0.2) is 12.1 Å². The number of hydrogen-bond acceptors (Lipinski definition) is 1. The lowest BCUT2D eigenvalue weighted by molar-refractivity contribution is 0.155. The van der Waals surface area contributed by atoms with Crippen LogP contribution in [0.1, 0.15) is 101 Å². The molecule has 0 aliphatic heterocycles. The average Bonchev–Trinajstić information content (AvgIpc) is 2.69. The van der Waals surface area contributed by atoms with Crippen LogP contribution in [0.4, 0.5) is 8.78 Å². The third-order valence-corrected chi connectivity index (χ3v) is 7.19. The highest BCUT2D eigenvalue weighted by molar-refractivity contribution is 5.36. The standard InChI is InChI=1S/C24H33F2N/c1-2-3-4-5-17-6-8-18(9-7-17)19-10-12-20(13-11-19)21-14-23(25)22(16-27)24(26)15-21/h14-15,17-20H,2-13H2,1H3. The van der Waals surface area contributed by atoms with Crippen molar-refractivity contribution in [1.82, 2.24) is 0 Å². The molecule has 0 heterocycles. The Morgan fingerprint density at radius 2 is 1.44 bits per heavy atom. The molecule has 0 spiro atoms. The van der Waals surface area contributed by atoms with E-state index in [9.17, 15) is 8.78 Å². The molecule has 1 nitrogen and oxygen atoms in total. The van der Waals surface area contributed by atoms with E-state index >= 15 is 0 Å². The van der Waals surface area contributed by atoms with E-state index in [4.69, 9.17) is 5.26 Å². The summed E-state index contributed by atoms with van der Waals surface area (Å²) in [6.07, 6.45) is 15.5. The summed E-state index contributed by atoms with van der Waals surface area (Å²) in [5.74, 6) is 1.43. The minimum Gasteiger partial charge on any atom is -0.205 e. The molecule has 3 heteroatoms. The normalized spacial score (nSPS) is 28.7. The Balaban J connectivity index is 1.48. The fourth-order valence-electron chi connectivity index (χ4n) is 5.49. The molecule has 0 amide bonds. The number of unbranched alkanes of at least 4 members (excludes halogenated alkanes) is 2. The molecule has 2 aliphatic rings. The van der Waals surface area contributed by atoms with Crippen LogP contribution in [0.5, 0.6) is 0 Å². The van der Waals surface area contributed by atoms with Crippen LogP contribution >= 0.6 is 0 Å². The van der Waals surface area contributed by atoms with Gasteiger partial charge in [-0.2, -0.15) is 5.26 Å². The molecule has 0 aromatic heterocycles. The Kier molecular flexibility index (Phi) is 7.27. The van der Waals surface area contributed by atoms with Gasteiger partial charge in [0, 0.05) is 0 Å². The van der Waals surface area contributed by atoms with Gasteiger partial charge in [-0.25, -0.2) is 8.78 Å². The van der Waals surface area contributed by atoms with E-state index in [1.165, 1.54) is 76.3 Å². The van der Waals surface area contributed by atoms with Crippen LogP contribution < -0.4 is 0 Å². The van der Waals surface area contributed by atoms with Gasteiger partial charge in [-0.15, -0.1) is 0 Å². The molecule has 1 aromatic rings. The van der Waals surface area contributed by atoms with Crippen LogP contribution in [0.2, 0.25) is 0 Å². The summed E-state index contributed by atoms with van der Waals surface area (Å²) in [7, 11) is 0. The molecule has 148 valence electrons. The SMILES string of the molecule is CCCCCC1CCC(C2CCC(c3cc(F)c(C#N)c(F)c3)CC2)CC1. The van der Waals surface area contributed by atoms with E-state index < -0.39 is 17.2 Å². The maximum absolute atomic E-state index is 13.9. The van der Waals surface area contributed by atoms with Crippen molar-refractivity contribution in [3.8, 4) is 6.07 Å². The summed E-state index contributed by atoms with van der Waals surface area (Å²) < 4.78 is 27.8. The quantitative estimate of drug-likeness (QED) is 0.474. The van der Waals surface area contributed by atoms with Crippen molar-refractivity contribution in [3.05, 3.63) is 34.9 Å². The third kappa shape index (κ3) is 5.09. The van der Waals surface area contributed by atoms with E-state index in [0.29, 0.717) is 0 Å². The lowest BCUT2D eigenvalue weighted by atomic mass is 9.68. The number of nitrogens with zero attached hydrogens (tertiary/aromatic N) is 1. The number of rotatable bonds is 6. The van der Waals surface area contributed by atoms with Crippen molar-refractivity contribution in [2.45, 2.75) is 89.9 Å². The number of benzene rings is 1. The lowest BCUT2D eigenvalue weighted by Gasteiger charge is -2.38. The van der Waals surface area contributed by atoms with Gasteiger partial charge < -0.3 is 0 Å².